The van der Waals surface area contributed by atoms with Crippen LogP contribution in [0.1, 0.15) is 65.1 Å². The Labute approximate surface area is 257 Å². The summed E-state index contributed by atoms with van der Waals surface area (Å²) in [5.41, 5.74) is 1.38. The number of halogens is 3. The van der Waals surface area contributed by atoms with E-state index in [0.717, 1.165) is 55.7 Å². The number of rotatable bonds is 10. The molecule has 2 saturated heterocycles. The van der Waals surface area contributed by atoms with E-state index >= 15 is 0 Å². The average Bonchev–Trinajstić information content (AvgIpc) is 3.20. The van der Waals surface area contributed by atoms with E-state index in [0.29, 0.717) is 25.9 Å². The summed E-state index contributed by atoms with van der Waals surface area (Å²) >= 11 is 0. The predicted octanol–water partition coefficient (Wildman–Crippen LogP) is 5.70. The Morgan fingerprint density at radius 1 is 0.886 bits per heavy atom. The van der Waals surface area contributed by atoms with Gasteiger partial charge in [-0.15, -0.1) is 0 Å². The molecule has 3 aromatic carbocycles. The van der Waals surface area contributed by atoms with E-state index in [9.17, 15) is 22.8 Å². The molecule has 44 heavy (non-hydrogen) atoms. The first-order valence-electron chi connectivity index (χ1n) is 15.6. The molecule has 3 aromatic rings. The van der Waals surface area contributed by atoms with Crippen molar-refractivity contribution in [3.8, 4) is 0 Å². The van der Waals surface area contributed by atoms with Crippen LogP contribution in [0.15, 0.2) is 84.9 Å². The molecule has 0 spiro atoms. The molecule has 9 heteroatoms. The third-order valence-corrected chi connectivity index (χ3v) is 8.74. The summed E-state index contributed by atoms with van der Waals surface area (Å²) in [6, 6.07) is 24.2. The molecular formula is C35H41F3N4O2. The summed E-state index contributed by atoms with van der Waals surface area (Å²) in [7, 11) is 0. The summed E-state index contributed by atoms with van der Waals surface area (Å²) in [4.78, 5) is 31.3. The molecule has 0 saturated carbocycles. The Hall–Kier alpha value is -3.69. The van der Waals surface area contributed by atoms with Gasteiger partial charge in [0.1, 0.15) is 0 Å². The zero-order valence-electron chi connectivity index (χ0n) is 24.9. The molecule has 2 aliphatic heterocycles. The van der Waals surface area contributed by atoms with Gasteiger partial charge >= 0.3 is 6.18 Å². The smallest absolute Gasteiger partial charge is 0.350 e. The molecule has 5 rings (SSSR count). The lowest BCUT2D eigenvalue weighted by Crippen LogP contribution is -2.50. The van der Waals surface area contributed by atoms with Crippen molar-refractivity contribution in [2.75, 3.05) is 39.3 Å². The summed E-state index contributed by atoms with van der Waals surface area (Å²) in [6.45, 7) is 4.11. The van der Waals surface area contributed by atoms with Crippen molar-refractivity contribution in [3.63, 3.8) is 0 Å². The third-order valence-electron chi connectivity index (χ3n) is 8.74. The normalized spacial score (nSPS) is 20.0. The fourth-order valence-electron chi connectivity index (χ4n) is 6.27. The largest absolute Gasteiger partial charge is 0.416 e. The van der Waals surface area contributed by atoms with E-state index in [4.69, 9.17) is 0 Å². The minimum atomic E-state index is -4.53. The number of hydrogen-bond acceptors (Lipinski definition) is 4. The number of benzene rings is 3. The van der Waals surface area contributed by atoms with Crippen molar-refractivity contribution < 1.29 is 22.8 Å². The fourth-order valence-corrected chi connectivity index (χ4v) is 6.27. The number of alkyl halides is 3. The van der Waals surface area contributed by atoms with Crippen LogP contribution < -0.4 is 10.6 Å². The van der Waals surface area contributed by atoms with E-state index in [1.165, 1.54) is 18.6 Å². The minimum absolute atomic E-state index is 0.00116. The highest BCUT2D eigenvalue weighted by atomic mass is 19.4. The number of likely N-dealkylation sites (tertiary alicyclic amines) is 1. The maximum absolute atomic E-state index is 14.1. The van der Waals surface area contributed by atoms with E-state index in [1.807, 2.05) is 41.3 Å². The second-order valence-electron chi connectivity index (χ2n) is 11.8. The standard InChI is InChI=1S/C35H41F3N4O2/c36-35(37,38)29-16-10-15-28(23-29)33(43)39-24-30-17-22-42(34(44)32(40-30)18-21-41-19-8-3-9-20-41)25-31(26-11-4-1-5-12-26)27-13-6-2-7-14-27/h1-2,4-7,10-16,23,30-32,40H,3,8-9,17-22,24-25H2,(H,39,43)/t30-,32-/m1/s1. The van der Waals surface area contributed by atoms with E-state index in [1.54, 1.807) is 0 Å². The molecule has 234 valence electrons. The predicted molar refractivity (Wildman–Crippen MR) is 165 cm³/mol. The van der Waals surface area contributed by atoms with E-state index in [2.05, 4.69) is 39.8 Å². The van der Waals surface area contributed by atoms with E-state index in [-0.39, 0.29) is 30.0 Å². The molecule has 0 bridgehead atoms. The van der Waals surface area contributed by atoms with Crippen LogP contribution in [0.4, 0.5) is 13.2 Å². The highest BCUT2D eigenvalue weighted by Crippen LogP contribution is 2.30. The van der Waals surface area contributed by atoms with Crippen LogP contribution in [0.5, 0.6) is 0 Å². The van der Waals surface area contributed by atoms with Crippen LogP contribution in [0, 0.1) is 0 Å². The highest BCUT2D eigenvalue weighted by Gasteiger charge is 2.34. The van der Waals surface area contributed by atoms with Crippen molar-refractivity contribution in [3.05, 3.63) is 107 Å². The molecule has 0 radical (unpaired) electrons. The average molecular weight is 607 g/mol. The molecule has 2 atom stereocenters. The number of hydrogen-bond donors (Lipinski definition) is 2. The van der Waals surface area contributed by atoms with Gasteiger partial charge < -0.3 is 20.4 Å². The van der Waals surface area contributed by atoms with Gasteiger partial charge in [-0.25, -0.2) is 0 Å². The van der Waals surface area contributed by atoms with Crippen LogP contribution in [0.25, 0.3) is 0 Å². The van der Waals surface area contributed by atoms with E-state index < -0.39 is 23.7 Å². The summed E-state index contributed by atoms with van der Waals surface area (Å²) in [5.74, 6) is -0.518. The van der Waals surface area contributed by atoms with Gasteiger partial charge in [-0.2, -0.15) is 13.2 Å². The zero-order valence-corrected chi connectivity index (χ0v) is 24.9. The molecule has 2 heterocycles. The van der Waals surface area contributed by atoms with Gasteiger partial charge in [-0.3, -0.25) is 9.59 Å². The SMILES string of the molecule is O=C(NC[C@H]1CCN(CC(c2ccccc2)c2ccccc2)C(=O)[C@@H](CCN2CCCCC2)N1)c1cccc(C(F)(F)F)c1. The van der Waals surface area contributed by atoms with Crippen LogP contribution in [-0.4, -0.2) is 73.0 Å². The second kappa shape index (κ2) is 14.9. The molecule has 2 aliphatic rings. The Morgan fingerprint density at radius 3 is 2.18 bits per heavy atom. The highest BCUT2D eigenvalue weighted by molar-refractivity contribution is 5.94. The van der Waals surface area contributed by atoms with Gasteiger partial charge in [0.15, 0.2) is 0 Å². The van der Waals surface area contributed by atoms with Gasteiger partial charge in [-0.1, -0.05) is 73.2 Å². The van der Waals surface area contributed by atoms with Crippen molar-refractivity contribution in [2.45, 2.75) is 56.3 Å². The minimum Gasteiger partial charge on any atom is -0.350 e. The fraction of sp³-hybridized carbons (Fsp3) is 0.429. The number of piperidine rings is 1. The molecule has 0 aromatic heterocycles. The summed E-state index contributed by atoms with van der Waals surface area (Å²) < 4.78 is 39.6. The molecule has 0 aliphatic carbocycles. The quantitative estimate of drug-likeness (QED) is 0.311. The molecule has 2 fully saturated rings. The van der Waals surface area contributed by atoms with Crippen molar-refractivity contribution in [1.29, 1.82) is 0 Å². The topological polar surface area (TPSA) is 64.7 Å². The molecule has 0 unspecified atom stereocenters. The number of nitrogens with one attached hydrogen (secondary N) is 2. The first-order valence-corrected chi connectivity index (χ1v) is 15.6. The van der Waals surface area contributed by atoms with Gasteiger partial charge in [0.25, 0.3) is 5.91 Å². The van der Waals surface area contributed by atoms with Gasteiger partial charge in [-0.05, 0) is 68.1 Å². The van der Waals surface area contributed by atoms with Gasteiger partial charge in [0, 0.05) is 43.7 Å². The lowest BCUT2D eigenvalue weighted by Gasteiger charge is -2.31. The lowest BCUT2D eigenvalue weighted by molar-refractivity contribution is -0.137. The maximum Gasteiger partial charge on any atom is 0.416 e. The van der Waals surface area contributed by atoms with Crippen molar-refractivity contribution in [1.82, 2.24) is 20.4 Å². The van der Waals surface area contributed by atoms with Crippen LogP contribution >= 0.6 is 0 Å². The molecular weight excluding hydrogens is 565 g/mol. The molecule has 2 N–H and O–H groups in total. The third kappa shape index (κ3) is 8.48. The Bertz CT molecular complexity index is 1320. The zero-order chi connectivity index (χ0) is 30.9. The van der Waals surface area contributed by atoms with Crippen LogP contribution in [-0.2, 0) is 11.0 Å². The van der Waals surface area contributed by atoms with Crippen molar-refractivity contribution >= 4 is 11.8 Å². The van der Waals surface area contributed by atoms with Gasteiger partial charge in [0.2, 0.25) is 5.91 Å². The maximum atomic E-state index is 14.1. The Morgan fingerprint density at radius 2 is 1.55 bits per heavy atom. The molecule has 2 amide bonds. The summed E-state index contributed by atoms with van der Waals surface area (Å²) in [6.07, 6.45) is 0.289. The van der Waals surface area contributed by atoms with Crippen LogP contribution in [0.2, 0.25) is 0 Å². The monoisotopic (exact) mass is 606 g/mol. The number of carbonyl (C=O) groups is 2. The second-order valence-corrected chi connectivity index (χ2v) is 11.8. The number of amides is 2. The lowest BCUT2D eigenvalue weighted by atomic mass is 9.90. The first kappa shape index (κ1) is 31.7. The Kier molecular flexibility index (Phi) is 10.7. The summed E-state index contributed by atoms with van der Waals surface area (Å²) in [5, 5.41) is 6.33. The van der Waals surface area contributed by atoms with Crippen LogP contribution in [0.3, 0.4) is 0 Å². The first-order chi connectivity index (χ1) is 21.3. The molecule has 6 nitrogen and oxygen atoms in total. The van der Waals surface area contributed by atoms with Crippen molar-refractivity contribution in [2.24, 2.45) is 0 Å². The number of nitrogens with zero attached hydrogens (tertiary/aromatic N) is 2. The number of carbonyl (C=O) groups excluding carboxylic acids is 2. The Balaban J connectivity index is 1.31. The van der Waals surface area contributed by atoms with Gasteiger partial charge in [0.05, 0.1) is 11.6 Å².